The maximum Gasteiger partial charge on any atom is 0.0986 e. The molecule has 1 nitrogen and oxygen atoms in total. The molecule has 0 aromatic carbocycles. The predicted molar refractivity (Wildman–Crippen MR) is 63.7 cm³/mol. The lowest BCUT2D eigenvalue weighted by Crippen LogP contribution is -2.03. The quantitative estimate of drug-likeness (QED) is 0.566. The van der Waals surface area contributed by atoms with Gasteiger partial charge in [-0.25, -0.2) is 0 Å². The lowest BCUT2D eigenvalue weighted by atomic mass is 10.0. The first-order valence-electron chi connectivity index (χ1n) is 6.81. The summed E-state index contributed by atoms with van der Waals surface area (Å²) >= 11 is 0. The Morgan fingerprint density at radius 2 is 1.60 bits per heavy atom. The Labute approximate surface area is 93.9 Å². The Balaban J connectivity index is 1.81. The zero-order chi connectivity index (χ0) is 10.3. The second-order valence-corrected chi connectivity index (χ2v) is 5.00. The van der Waals surface area contributed by atoms with Gasteiger partial charge in [-0.05, 0) is 38.2 Å². The van der Waals surface area contributed by atoms with Crippen LogP contribution < -0.4 is 0 Å². The second-order valence-electron chi connectivity index (χ2n) is 5.00. The van der Waals surface area contributed by atoms with Gasteiger partial charge in [0.2, 0.25) is 0 Å². The smallest absolute Gasteiger partial charge is 0.0986 e. The second kappa shape index (κ2) is 6.19. The number of ether oxygens (including phenoxy) is 1. The third-order valence-corrected chi connectivity index (χ3v) is 3.63. The monoisotopic (exact) mass is 208 g/mol. The number of rotatable bonds is 0. The average molecular weight is 208 g/mol. The highest BCUT2D eigenvalue weighted by Crippen LogP contribution is 2.27. The molecule has 2 rings (SSSR count). The summed E-state index contributed by atoms with van der Waals surface area (Å²) in [6.07, 6.45) is 17.8. The highest BCUT2D eigenvalue weighted by molar-refractivity contribution is 4.98. The summed E-state index contributed by atoms with van der Waals surface area (Å²) in [5.41, 5.74) is 0. The van der Waals surface area contributed by atoms with Gasteiger partial charge in [-0.1, -0.05) is 32.1 Å². The van der Waals surface area contributed by atoms with E-state index >= 15 is 0 Å². The molecule has 0 aliphatic carbocycles. The molecule has 15 heavy (non-hydrogen) atoms. The van der Waals surface area contributed by atoms with E-state index in [4.69, 9.17) is 4.74 Å². The fourth-order valence-electron chi connectivity index (χ4n) is 2.65. The van der Waals surface area contributed by atoms with Crippen LogP contribution in [-0.4, -0.2) is 6.10 Å². The third kappa shape index (κ3) is 3.89. The first-order valence-corrected chi connectivity index (χ1v) is 6.81. The maximum atomic E-state index is 5.94. The number of allylic oxidation sites excluding steroid dienone is 2. The van der Waals surface area contributed by atoms with Crippen molar-refractivity contribution in [2.24, 2.45) is 0 Å². The molecule has 1 saturated heterocycles. The van der Waals surface area contributed by atoms with Crippen LogP contribution in [0.1, 0.15) is 70.6 Å². The minimum Gasteiger partial charge on any atom is -0.495 e. The van der Waals surface area contributed by atoms with Crippen molar-refractivity contribution >= 4 is 0 Å². The Bertz CT molecular complexity index is 207. The molecule has 86 valence electrons. The number of hydrogen-bond acceptors (Lipinski definition) is 1. The van der Waals surface area contributed by atoms with Gasteiger partial charge in [0.05, 0.1) is 11.9 Å². The molecule has 1 unspecified atom stereocenters. The Morgan fingerprint density at radius 1 is 0.867 bits per heavy atom. The topological polar surface area (TPSA) is 9.23 Å². The van der Waals surface area contributed by atoms with Gasteiger partial charge in [0.15, 0.2) is 0 Å². The standard InChI is InChI=1S/C14H24O/c1-2-4-6-8-10-14-12-11-13(15-14)9-7-5-3-1/h9,14H,1-8,10-12H2/b13-9+. The Hall–Kier alpha value is -0.460. The predicted octanol–water partition coefficient (Wildman–Crippen LogP) is 4.57. The van der Waals surface area contributed by atoms with Crippen molar-refractivity contribution in [3.8, 4) is 0 Å². The SMILES string of the molecule is C1=C2\CCC(CCCCCCCCC/1)O2. The zero-order valence-corrected chi connectivity index (χ0v) is 9.84. The first-order chi connectivity index (χ1) is 7.45. The molecule has 2 heterocycles. The summed E-state index contributed by atoms with van der Waals surface area (Å²) in [6, 6.07) is 0. The van der Waals surface area contributed by atoms with Gasteiger partial charge in [-0.3, -0.25) is 0 Å². The molecule has 0 N–H and O–H groups in total. The summed E-state index contributed by atoms with van der Waals surface area (Å²) in [4.78, 5) is 0. The van der Waals surface area contributed by atoms with E-state index in [2.05, 4.69) is 6.08 Å². The molecule has 1 heteroatoms. The molecule has 2 aliphatic rings. The van der Waals surface area contributed by atoms with Crippen molar-refractivity contribution in [3.05, 3.63) is 11.8 Å². The van der Waals surface area contributed by atoms with Crippen molar-refractivity contribution in [1.82, 2.24) is 0 Å². The molecule has 2 bridgehead atoms. The van der Waals surface area contributed by atoms with Gasteiger partial charge in [0.25, 0.3) is 0 Å². The van der Waals surface area contributed by atoms with Gasteiger partial charge in [0.1, 0.15) is 0 Å². The van der Waals surface area contributed by atoms with Crippen LogP contribution in [0, 0.1) is 0 Å². The van der Waals surface area contributed by atoms with Crippen molar-refractivity contribution in [3.63, 3.8) is 0 Å². The summed E-state index contributed by atoms with van der Waals surface area (Å²) < 4.78 is 5.94. The van der Waals surface area contributed by atoms with Gasteiger partial charge in [-0.15, -0.1) is 0 Å². The van der Waals surface area contributed by atoms with E-state index in [1.165, 1.54) is 76.4 Å². The average Bonchev–Trinajstić information content (AvgIpc) is 2.69. The highest BCUT2D eigenvalue weighted by atomic mass is 16.5. The molecular weight excluding hydrogens is 184 g/mol. The Morgan fingerprint density at radius 3 is 2.47 bits per heavy atom. The zero-order valence-electron chi connectivity index (χ0n) is 9.84. The van der Waals surface area contributed by atoms with Crippen LogP contribution in [0.4, 0.5) is 0 Å². The molecule has 0 radical (unpaired) electrons. The summed E-state index contributed by atoms with van der Waals surface area (Å²) in [5.74, 6) is 1.29. The lowest BCUT2D eigenvalue weighted by molar-refractivity contribution is 0.148. The molecule has 0 aromatic rings. The van der Waals surface area contributed by atoms with E-state index in [0.29, 0.717) is 6.10 Å². The van der Waals surface area contributed by atoms with Crippen molar-refractivity contribution in [2.45, 2.75) is 76.7 Å². The largest absolute Gasteiger partial charge is 0.495 e. The van der Waals surface area contributed by atoms with Crippen LogP contribution in [-0.2, 0) is 4.74 Å². The van der Waals surface area contributed by atoms with Gasteiger partial charge in [0, 0.05) is 6.42 Å². The van der Waals surface area contributed by atoms with E-state index in [9.17, 15) is 0 Å². The molecule has 2 aliphatic heterocycles. The van der Waals surface area contributed by atoms with Gasteiger partial charge >= 0.3 is 0 Å². The number of hydrogen-bond donors (Lipinski definition) is 0. The normalized spacial score (nSPS) is 32.8. The van der Waals surface area contributed by atoms with Crippen molar-refractivity contribution < 1.29 is 4.74 Å². The maximum absolute atomic E-state index is 5.94. The van der Waals surface area contributed by atoms with Gasteiger partial charge in [-0.2, -0.15) is 0 Å². The highest BCUT2D eigenvalue weighted by Gasteiger charge is 2.19. The molecule has 0 amide bonds. The molecule has 0 saturated carbocycles. The third-order valence-electron chi connectivity index (χ3n) is 3.63. The Kier molecular flexibility index (Phi) is 4.56. The van der Waals surface area contributed by atoms with E-state index in [1.54, 1.807) is 0 Å². The molecule has 1 atom stereocenters. The van der Waals surface area contributed by atoms with E-state index in [-0.39, 0.29) is 0 Å². The molecule has 0 aromatic heterocycles. The van der Waals surface area contributed by atoms with Crippen LogP contribution in [0.3, 0.4) is 0 Å². The van der Waals surface area contributed by atoms with E-state index < -0.39 is 0 Å². The minimum atomic E-state index is 0.553. The first kappa shape index (κ1) is 11.0. The summed E-state index contributed by atoms with van der Waals surface area (Å²) in [6.45, 7) is 0. The van der Waals surface area contributed by atoms with Crippen LogP contribution in [0.5, 0.6) is 0 Å². The fraction of sp³-hybridized carbons (Fsp3) is 0.857. The van der Waals surface area contributed by atoms with Gasteiger partial charge < -0.3 is 4.74 Å². The van der Waals surface area contributed by atoms with Crippen molar-refractivity contribution in [1.29, 1.82) is 0 Å². The molecular formula is C14H24O. The van der Waals surface area contributed by atoms with E-state index in [1.807, 2.05) is 0 Å². The fourth-order valence-corrected chi connectivity index (χ4v) is 2.65. The van der Waals surface area contributed by atoms with Crippen LogP contribution in [0.25, 0.3) is 0 Å². The van der Waals surface area contributed by atoms with E-state index in [0.717, 1.165) is 0 Å². The molecule has 1 fully saturated rings. The number of fused-ring (bicyclic) bond motifs is 2. The summed E-state index contributed by atoms with van der Waals surface area (Å²) in [5, 5.41) is 0. The minimum absolute atomic E-state index is 0.553. The van der Waals surface area contributed by atoms with Crippen LogP contribution in [0.2, 0.25) is 0 Å². The van der Waals surface area contributed by atoms with Crippen LogP contribution in [0.15, 0.2) is 11.8 Å². The van der Waals surface area contributed by atoms with Crippen molar-refractivity contribution in [2.75, 3.05) is 0 Å². The summed E-state index contributed by atoms with van der Waals surface area (Å²) in [7, 11) is 0. The van der Waals surface area contributed by atoms with Crippen LogP contribution >= 0.6 is 0 Å². The lowest BCUT2D eigenvalue weighted by Gasteiger charge is -2.09. The molecule has 0 spiro atoms.